The first kappa shape index (κ1) is 11.9. The lowest BCUT2D eigenvalue weighted by Gasteiger charge is -2.08. The fourth-order valence-corrected chi connectivity index (χ4v) is 1.75. The summed E-state index contributed by atoms with van der Waals surface area (Å²) in [4.78, 5) is 4.04. The van der Waals surface area contributed by atoms with Crippen molar-refractivity contribution in [2.45, 2.75) is 6.42 Å². The molecule has 0 atom stereocenters. The molecule has 0 saturated carbocycles. The van der Waals surface area contributed by atoms with E-state index in [1.807, 2.05) is 18.3 Å². The van der Waals surface area contributed by atoms with Crippen LogP contribution in [0.4, 0.5) is 10.1 Å². The Morgan fingerprint density at radius 2 is 2.18 bits per heavy atom. The zero-order valence-electron chi connectivity index (χ0n) is 9.16. The molecule has 1 aromatic carbocycles. The van der Waals surface area contributed by atoms with Crippen LogP contribution in [0.5, 0.6) is 0 Å². The number of benzene rings is 1. The highest BCUT2D eigenvalue weighted by molar-refractivity contribution is 6.33. The average Bonchev–Trinajstić information content (AvgIpc) is 2.33. The third kappa shape index (κ3) is 3.43. The molecule has 0 unspecified atom stereocenters. The fraction of sp³-hybridized carbons (Fsp3) is 0.154. The van der Waals surface area contributed by atoms with E-state index in [-0.39, 0.29) is 5.82 Å². The number of aromatic nitrogens is 1. The van der Waals surface area contributed by atoms with Gasteiger partial charge in [0.15, 0.2) is 0 Å². The van der Waals surface area contributed by atoms with Crippen molar-refractivity contribution in [3.63, 3.8) is 0 Å². The van der Waals surface area contributed by atoms with Crippen LogP contribution in [0, 0.1) is 5.82 Å². The number of anilines is 1. The molecule has 0 radical (unpaired) electrons. The van der Waals surface area contributed by atoms with Crippen molar-refractivity contribution in [1.29, 1.82) is 0 Å². The van der Waals surface area contributed by atoms with Crippen LogP contribution in [-0.2, 0) is 6.42 Å². The molecule has 0 spiro atoms. The lowest BCUT2D eigenvalue weighted by Crippen LogP contribution is -2.05. The van der Waals surface area contributed by atoms with Crippen LogP contribution in [0.25, 0.3) is 0 Å². The van der Waals surface area contributed by atoms with Crippen LogP contribution >= 0.6 is 11.6 Å². The van der Waals surface area contributed by atoms with E-state index in [9.17, 15) is 4.39 Å². The molecule has 1 aromatic heterocycles. The SMILES string of the molecule is Fc1ccc(NCCc2cccnc2)c(Cl)c1. The van der Waals surface area contributed by atoms with Crippen LogP contribution in [0.1, 0.15) is 5.56 Å². The molecule has 1 N–H and O–H groups in total. The molecule has 0 fully saturated rings. The van der Waals surface area contributed by atoms with Gasteiger partial charge in [0.1, 0.15) is 5.82 Å². The molecule has 1 heterocycles. The van der Waals surface area contributed by atoms with Crippen molar-refractivity contribution in [2.75, 3.05) is 11.9 Å². The molecule has 2 nitrogen and oxygen atoms in total. The number of nitrogens with zero attached hydrogens (tertiary/aromatic N) is 1. The summed E-state index contributed by atoms with van der Waals surface area (Å²) in [5.41, 5.74) is 1.90. The monoisotopic (exact) mass is 250 g/mol. The van der Waals surface area contributed by atoms with E-state index in [0.29, 0.717) is 5.02 Å². The maximum atomic E-state index is 12.8. The number of pyridine rings is 1. The Balaban J connectivity index is 1.90. The number of hydrogen-bond donors (Lipinski definition) is 1. The first-order valence-electron chi connectivity index (χ1n) is 5.33. The highest BCUT2D eigenvalue weighted by atomic mass is 35.5. The average molecular weight is 251 g/mol. The Bertz CT molecular complexity index is 488. The minimum Gasteiger partial charge on any atom is -0.384 e. The molecule has 2 rings (SSSR count). The van der Waals surface area contributed by atoms with Crippen molar-refractivity contribution < 1.29 is 4.39 Å². The van der Waals surface area contributed by atoms with E-state index in [0.717, 1.165) is 24.2 Å². The Labute approximate surface area is 104 Å². The van der Waals surface area contributed by atoms with E-state index in [1.165, 1.54) is 12.1 Å². The number of rotatable bonds is 4. The first-order valence-corrected chi connectivity index (χ1v) is 5.71. The van der Waals surface area contributed by atoms with Gasteiger partial charge in [0.2, 0.25) is 0 Å². The highest BCUT2D eigenvalue weighted by Gasteiger charge is 2.01. The zero-order chi connectivity index (χ0) is 12.1. The van der Waals surface area contributed by atoms with E-state index < -0.39 is 0 Å². The van der Waals surface area contributed by atoms with E-state index in [2.05, 4.69) is 10.3 Å². The van der Waals surface area contributed by atoms with Gasteiger partial charge in [-0.25, -0.2) is 4.39 Å². The first-order chi connectivity index (χ1) is 8.25. The number of nitrogens with one attached hydrogen (secondary N) is 1. The van der Waals surface area contributed by atoms with Crippen LogP contribution < -0.4 is 5.32 Å². The van der Waals surface area contributed by atoms with Crippen molar-refractivity contribution >= 4 is 17.3 Å². The number of hydrogen-bond acceptors (Lipinski definition) is 2. The van der Waals surface area contributed by atoms with E-state index >= 15 is 0 Å². The summed E-state index contributed by atoms with van der Waals surface area (Å²) in [6, 6.07) is 8.24. The van der Waals surface area contributed by atoms with E-state index in [1.54, 1.807) is 12.3 Å². The summed E-state index contributed by atoms with van der Waals surface area (Å²) in [6.07, 6.45) is 4.42. The molecular formula is C13H12ClFN2. The molecular weight excluding hydrogens is 239 g/mol. The third-order valence-electron chi connectivity index (χ3n) is 2.38. The van der Waals surface area contributed by atoms with Gasteiger partial charge in [0.25, 0.3) is 0 Å². The second-order valence-electron chi connectivity index (χ2n) is 3.66. The summed E-state index contributed by atoms with van der Waals surface area (Å²) in [7, 11) is 0. The molecule has 0 amide bonds. The summed E-state index contributed by atoms with van der Waals surface area (Å²) in [5.74, 6) is -0.326. The van der Waals surface area contributed by atoms with Crippen molar-refractivity contribution in [1.82, 2.24) is 4.98 Å². The number of halogens is 2. The van der Waals surface area contributed by atoms with Gasteiger partial charge >= 0.3 is 0 Å². The van der Waals surface area contributed by atoms with Gasteiger partial charge in [-0.05, 0) is 36.2 Å². The Morgan fingerprint density at radius 3 is 2.88 bits per heavy atom. The van der Waals surface area contributed by atoms with Gasteiger partial charge in [-0.15, -0.1) is 0 Å². The molecule has 0 aliphatic heterocycles. The smallest absolute Gasteiger partial charge is 0.124 e. The van der Waals surface area contributed by atoms with Crippen LogP contribution in [0.15, 0.2) is 42.7 Å². The van der Waals surface area contributed by atoms with Gasteiger partial charge in [-0.1, -0.05) is 17.7 Å². The third-order valence-corrected chi connectivity index (χ3v) is 2.70. The largest absolute Gasteiger partial charge is 0.384 e. The fourth-order valence-electron chi connectivity index (χ4n) is 1.52. The van der Waals surface area contributed by atoms with Crippen molar-refractivity contribution in [3.05, 3.63) is 59.1 Å². The molecule has 88 valence electrons. The summed E-state index contributed by atoms with van der Waals surface area (Å²) in [6.45, 7) is 0.733. The second kappa shape index (κ2) is 5.64. The topological polar surface area (TPSA) is 24.9 Å². The normalized spacial score (nSPS) is 10.2. The lowest BCUT2D eigenvalue weighted by atomic mass is 10.2. The Hall–Kier alpha value is -1.61. The predicted octanol–water partition coefficient (Wildman–Crippen LogP) is 3.53. The van der Waals surface area contributed by atoms with Crippen molar-refractivity contribution in [2.24, 2.45) is 0 Å². The van der Waals surface area contributed by atoms with Gasteiger partial charge in [0, 0.05) is 18.9 Å². The lowest BCUT2D eigenvalue weighted by molar-refractivity contribution is 0.628. The zero-order valence-corrected chi connectivity index (χ0v) is 9.91. The summed E-state index contributed by atoms with van der Waals surface area (Å²) < 4.78 is 12.8. The maximum Gasteiger partial charge on any atom is 0.124 e. The quantitative estimate of drug-likeness (QED) is 0.898. The minimum absolute atomic E-state index is 0.326. The Kier molecular flexibility index (Phi) is 3.94. The summed E-state index contributed by atoms with van der Waals surface area (Å²) >= 11 is 5.90. The predicted molar refractivity (Wildman–Crippen MR) is 67.8 cm³/mol. The molecule has 0 aliphatic carbocycles. The second-order valence-corrected chi connectivity index (χ2v) is 4.07. The van der Waals surface area contributed by atoms with Crippen LogP contribution in [0.2, 0.25) is 5.02 Å². The Morgan fingerprint density at radius 1 is 1.29 bits per heavy atom. The van der Waals surface area contributed by atoms with Gasteiger partial charge in [0.05, 0.1) is 10.7 Å². The molecule has 0 bridgehead atoms. The van der Waals surface area contributed by atoms with Gasteiger partial charge in [-0.3, -0.25) is 4.98 Å². The molecule has 4 heteroatoms. The van der Waals surface area contributed by atoms with Gasteiger partial charge < -0.3 is 5.32 Å². The minimum atomic E-state index is -0.326. The molecule has 0 aliphatic rings. The molecule has 2 aromatic rings. The highest BCUT2D eigenvalue weighted by Crippen LogP contribution is 2.22. The standard InChI is InChI=1S/C13H12ClFN2/c14-12-8-11(15)3-4-13(12)17-7-5-10-2-1-6-16-9-10/h1-4,6,8-9,17H,5,7H2. The molecule has 0 saturated heterocycles. The van der Waals surface area contributed by atoms with E-state index in [4.69, 9.17) is 11.6 Å². The van der Waals surface area contributed by atoms with Crippen LogP contribution in [-0.4, -0.2) is 11.5 Å². The maximum absolute atomic E-state index is 12.8. The molecule has 17 heavy (non-hydrogen) atoms. The van der Waals surface area contributed by atoms with Crippen LogP contribution in [0.3, 0.4) is 0 Å². The van der Waals surface area contributed by atoms with Crippen molar-refractivity contribution in [3.8, 4) is 0 Å². The summed E-state index contributed by atoms with van der Waals surface area (Å²) in [5, 5.41) is 3.56. The van der Waals surface area contributed by atoms with Gasteiger partial charge in [-0.2, -0.15) is 0 Å².